The van der Waals surface area contributed by atoms with Gasteiger partial charge in [-0.25, -0.2) is 9.97 Å². The molecule has 0 bridgehead atoms. The summed E-state index contributed by atoms with van der Waals surface area (Å²) in [6.07, 6.45) is 3.69. The van der Waals surface area contributed by atoms with Gasteiger partial charge < -0.3 is 9.64 Å². The summed E-state index contributed by atoms with van der Waals surface area (Å²) in [6, 6.07) is 3.92. The van der Waals surface area contributed by atoms with E-state index in [2.05, 4.69) is 9.97 Å². The number of rotatable bonds is 4. The molecule has 1 saturated heterocycles. The molecule has 0 atom stereocenters. The predicted octanol–water partition coefficient (Wildman–Crippen LogP) is 3.39. The highest BCUT2D eigenvalue weighted by Gasteiger charge is 2.26. The molecule has 0 radical (unpaired) electrons. The number of carbonyl (C=O) groups is 1. The van der Waals surface area contributed by atoms with Crippen LogP contribution >= 0.6 is 11.3 Å². The molecule has 0 N–H and O–H groups in total. The maximum Gasteiger partial charge on any atom is 0.265 e. The van der Waals surface area contributed by atoms with Crippen molar-refractivity contribution in [3.63, 3.8) is 0 Å². The van der Waals surface area contributed by atoms with Gasteiger partial charge in [-0.2, -0.15) is 0 Å². The summed E-state index contributed by atoms with van der Waals surface area (Å²) in [5.74, 6) is 1.31. The Morgan fingerprint density at radius 1 is 1.33 bits per heavy atom. The fourth-order valence-corrected chi connectivity index (χ4v) is 3.88. The van der Waals surface area contributed by atoms with Crippen molar-refractivity contribution in [3.8, 4) is 5.88 Å². The van der Waals surface area contributed by atoms with E-state index in [9.17, 15) is 4.79 Å². The van der Waals surface area contributed by atoms with Crippen molar-refractivity contribution in [2.75, 3.05) is 19.7 Å². The molecule has 6 heteroatoms. The van der Waals surface area contributed by atoms with Gasteiger partial charge in [0.15, 0.2) is 0 Å². The third-order valence-electron chi connectivity index (χ3n) is 4.42. The lowest BCUT2D eigenvalue weighted by Gasteiger charge is -2.31. The zero-order valence-electron chi connectivity index (χ0n) is 14.4. The lowest BCUT2D eigenvalue weighted by molar-refractivity contribution is 0.0663. The Kier molecular flexibility index (Phi) is 5.14. The number of piperidine rings is 1. The minimum absolute atomic E-state index is 0.123. The van der Waals surface area contributed by atoms with E-state index in [-0.39, 0.29) is 5.91 Å². The van der Waals surface area contributed by atoms with Gasteiger partial charge in [0.1, 0.15) is 4.88 Å². The van der Waals surface area contributed by atoms with Crippen molar-refractivity contribution >= 4 is 17.2 Å². The fraction of sp³-hybridized carbons (Fsp3) is 0.500. The molecule has 1 aliphatic rings. The van der Waals surface area contributed by atoms with Crippen LogP contribution in [0.5, 0.6) is 5.88 Å². The third kappa shape index (κ3) is 3.75. The van der Waals surface area contributed by atoms with E-state index in [1.54, 1.807) is 6.20 Å². The van der Waals surface area contributed by atoms with Gasteiger partial charge in [0, 0.05) is 24.8 Å². The SMILES string of the molecule is Cc1nc(C)c(C(=O)N2CCC(COc3ncccc3C)CC2)s1. The van der Waals surface area contributed by atoms with Crippen LogP contribution in [0.25, 0.3) is 0 Å². The van der Waals surface area contributed by atoms with Crippen LogP contribution < -0.4 is 4.74 Å². The van der Waals surface area contributed by atoms with Gasteiger partial charge in [-0.3, -0.25) is 4.79 Å². The maximum atomic E-state index is 12.6. The molecular formula is C18H23N3O2S. The first-order valence-corrected chi connectivity index (χ1v) is 9.14. The summed E-state index contributed by atoms with van der Waals surface area (Å²) < 4.78 is 5.86. The van der Waals surface area contributed by atoms with E-state index in [0.29, 0.717) is 18.4 Å². The second-order valence-corrected chi connectivity index (χ2v) is 7.52. The number of aryl methyl sites for hydroxylation is 3. The van der Waals surface area contributed by atoms with Crippen molar-refractivity contribution in [1.82, 2.24) is 14.9 Å². The molecular weight excluding hydrogens is 322 g/mol. The molecule has 0 aliphatic carbocycles. The number of hydrogen-bond donors (Lipinski definition) is 0. The molecule has 5 nitrogen and oxygen atoms in total. The molecule has 0 spiro atoms. The lowest BCUT2D eigenvalue weighted by atomic mass is 9.97. The Morgan fingerprint density at radius 2 is 2.08 bits per heavy atom. The number of aromatic nitrogens is 2. The summed E-state index contributed by atoms with van der Waals surface area (Å²) in [5.41, 5.74) is 1.90. The molecule has 2 aromatic heterocycles. The summed E-state index contributed by atoms with van der Waals surface area (Å²) in [5, 5.41) is 0.949. The van der Waals surface area contributed by atoms with E-state index < -0.39 is 0 Å². The highest BCUT2D eigenvalue weighted by atomic mass is 32.1. The normalized spacial score (nSPS) is 15.5. The fourth-order valence-electron chi connectivity index (χ4n) is 3.00. The number of hydrogen-bond acceptors (Lipinski definition) is 5. The minimum atomic E-state index is 0.123. The molecule has 3 heterocycles. The van der Waals surface area contributed by atoms with Crippen LogP contribution in [-0.2, 0) is 0 Å². The highest BCUT2D eigenvalue weighted by molar-refractivity contribution is 7.13. The van der Waals surface area contributed by atoms with Crippen LogP contribution in [0, 0.1) is 26.7 Å². The molecule has 1 aliphatic heterocycles. The zero-order chi connectivity index (χ0) is 17.1. The van der Waals surface area contributed by atoms with Crippen LogP contribution in [0.15, 0.2) is 18.3 Å². The second kappa shape index (κ2) is 7.30. The summed E-state index contributed by atoms with van der Waals surface area (Å²) in [6.45, 7) is 8.08. The summed E-state index contributed by atoms with van der Waals surface area (Å²) >= 11 is 1.49. The van der Waals surface area contributed by atoms with E-state index in [1.807, 2.05) is 37.8 Å². The molecule has 3 rings (SSSR count). The molecule has 0 saturated carbocycles. The molecule has 1 fully saturated rings. The number of pyridine rings is 1. The largest absolute Gasteiger partial charge is 0.477 e. The van der Waals surface area contributed by atoms with Crippen LogP contribution in [-0.4, -0.2) is 40.5 Å². The Balaban J connectivity index is 1.51. The Hall–Kier alpha value is -1.95. The number of thiazole rings is 1. The average molecular weight is 345 g/mol. The molecule has 24 heavy (non-hydrogen) atoms. The first-order chi connectivity index (χ1) is 11.5. The lowest BCUT2D eigenvalue weighted by Crippen LogP contribution is -2.39. The molecule has 0 unspecified atom stereocenters. The van der Waals surface area contributed by atoms with Gasteiger partial charge >= 0.3 is 0 Å². The van der Waals surface area contributed by atoms with E-state index in [0.717, 1.165) is 47.1 Å². The Morgan fingerprint density at radius 3 is 2.71 bits per heavy atom. The summed E-state index contributed by atoms with van der Waals surface area (Å²) in [7, 11) is 0. The zero-order valence-corrected chi connectivity index (χ0v) is 15.2. The van der Waals surface area contributed by atoms with Gasteiger partial charge in [-0.15, -0.1) is 11.3 Å². The Labute approximate surface area is 146 Å². The first-order valence-electron chi connectivity index (χ1n) is 8.32. The number of amides is 1. The van der Waals surface area contributed by atoms with Gasteiger partial charge in [0.25, 0.3) is 5.91 Å². The number of likely N-dealkylation sites (tertiary alicyclic amines) is 1. The number of nitrogens with zero attached hydrogens (tertiary/aromatic N) is 3. The molecule has 1 amide bonds. The van der Waals surface area contributed by atoms with Crippen molar-refractivity contribution < 1.29 is 9.53 Å². The molecule has 128 valence electrons. The van der Waals surface area contributed by atoms with Gasteiger partial charge in [0.05, 0.1) is 17.3 Å². The molecule has 0 aromatic carbocycles. The van der Waals surface area contributed by atoms with Gasteiger partial charge in [0.2, 0.25) is 5.88 Å². The average Bonchev–Trinajstić information content (AvgIpc) is 2.92. The van der Waals surface area contributed by atoms with E-state index >= 15 is 0 Å². The van der Waals surface area contributed by atoms with Crippen LogP contribution in [0.1, 0.15) is 38.8 Å². The standard InChI is InChI=1S/C18H23N3O2S/c1-12-5-4-8-19-17(12)23-11-15-6-9-21(10-7-15)18(22)16-13(2)20-14(3)24-16/h4-5,8,15H,6-7,9-11H2,1-3H3. The smallest absolute Gasteiger partial charge is 0.265 e. The monoisotopic (exact) mass is 345 g/mol. The van der Waals surface area contributed by atoms with Gasteiger partial charge in [-0.05, 0) is 45.6 Å². The Bertz CT molecular complexity index is 721. The van der Waals surface area contributed by atoms with Crippen molar-refractivity contribution in [2.45, 2.75) is 33.6 Å². The van der Waals surface area contributed by atoms with E-state index in [1.165, 1.54) is 11.3 Å². The third-order valence-corrected chi connectivity index (χ3v) is 5.48. The van der Waals surface area contributed by atoms with Crippen molar-refractivity contribution in [3.05, 3.63) is 39.5 Å². The minimum Gasteiger partial charge on any atom is -0.477 e. The second-order valence-electron chi connectivity index (χ2n) is 6.32. The topological polar surface area (TPSA) is 55.3 Å². The van der Waals surface area contributed by atoms with Crippen molar-refractivity contribution in [1.29, 1.82) is 0 Å². The van der Waals surface area contributed by atoms with Crippen LogP contribution in [0.4, 0.5) is 0 Å². The van der Waals surface area contributed by atoms with Crippen LogP contribution in [0.3, 0.4) is 0 Å². The number of carbonyl (C=O) groups excluding carboxylic acids is 1. The number of ether oxygens (including phenoxy) is 1. The van der Waals surface area contributed by atoms with Crippen LogP contribution in [0.2, 0.25) is 0 Å². The first kappa shape index (κ1) is 16.9. The quantitative estimate of drug-likeness (QED) is 0.852. The van der Waals surface area contributed by atoms with Crippen molar-refractivity contribution in [2.24, 2.45) is 5.92 Å². The molecule has 2 aromatic rings. The van der Waals surface area contributed by atoms with E-state index in [4.69, 9.17) is 4.74 Å². The predicted molar refractivity (Wildman–Crippen MR) is 94.7 cm³/mol. The summed E-state index contributed by atoms with van der Waals surface area (Å²) in [4.78, 5) is 24.0. The maximum absolute atomic E-state index is 12.6. The van der Waals surface area contributed by atoms with Gasteiger partial charge in [-0.1, -0.05) is 6.07 Å². The highest BCUT2D eigenvalue weighted by Crippen LogP contribution is 2.24.